The van der Waals surface area contributed by atoms with E-state index in [1.54, 1.807) is 0 Å². The molecule has 0 bridgehead atoms. The van der Waals surface area contributed by atoms with Crippen LogP contribution in [0, 0.1) is 5.92 Å². The van der Waals surface area contributed by atoms with Gasteiger partial charge in [-0.2, -0.15) is 0 Å². The van der Waals surface area contributed by atoms with E-state index in [1.807, 2.05) is 0 Å². The van der Waals surface area contributed by atoms with Gasteiger partial charge in [0.05, 0.1) is 0 Å². The van der Waals surface area contributed by atoms with Gasteiger partial charge >= 0.3 is 0 Å². The summed E-state index contributed by atoms with van der Waals surface area (Å²) in [5, 5.41) is 8.47. The zero-order chi connectivity index (χ0) is 7.11. The van der Waals surface area contributed by atoms with Crippen molar-refractivity contribution in [3.8, 4) is 0 Å². The van der Waals surface area contributed by atoms with Gasteiger partial charge in [-0.1, -0.05) is 13.3 Å². The molecule has 0 aromatic rings. The molecule has 0 saturated heterocycles. The minimum atomic E-state index is 0.302. The Kier molecular flexibility index (Phi) is 5.99. The predicted octanol–water partition coefficient (Wildman–Crippen LogP) is 0.744. The van der Waals surface area contributed by atoms with Crippen LogP contribution in [0.3, 0.4) is 0 Å². The van der Waals surface area contributed by atoms with Gasteiger partial charge in [0, 0.05) is 6.61 Å². The van der Waals surface area contributed by atoms with E-state index in [2.05, 4.69) is 6.92 Å². The number of aliphatic hydroxyl groups is 1. The third kappa shape index (κ3) is 4.43. The quantitative estimate of drug-likeness (QED) is 0.578. The van der Waals surface area contributed by atoms with Gasteiger partial charge in [-0.05, 0) is 25.3 Å². The summed E-state index contributed by atoms with van der Waals surface area (Å²) in [6.45, 7) is 3.20. The third-order valence-electron chi connectivity index (χ3n) is 1.68. The van der Waals surface area contributed by atoms with E-state index in [-0.39, 0.29) is 0 Å². The summed E-state index contributed by atoms with van der Waals surface area (Å²) in [6.07, 6.45) is 3.11. The van der Waals surface area contributed by atoms with Crippen molar-refractivity contribution in [1.82, 2.24) is 0 Å². The van der Waals surface area contributed by atoms with Crippen molar-refractivity contribution in [2.24, 2.45) is 11.7 Å². The molecule has 0 radical (unpaired) electrons. The van der Waals surface area contributed by atoms with Crippen LogP contribution in [-0.4, -0.2) is 18.3 Å². The van der Waals surface area contributed by atoms with Gasteiger partial charge in [-0.25, -0.2) is 0 Å². The lowest BCUT2D eigenvalue weighted by molar-refractivity contribution is 0.271. The van der Waals surface area contributed by atoms with Gasteiger partial charge in [0.25, 0.3) is 0 Å². The van der Waals surface area contributed by atoms with Gasteiger partial charge < -0.3 is 10.8 Å². The van der Waals surface area contributed by atoms with Crippen LogP contribution < -0.4 is 5.73 Å². The van der Waals surface area contributed by atoms with Crippen LogP contribution >= 0.6 is 0 Å². The molecule has 2 nitrogen and oxygen atoms in total. The van der Waals surface area contributed by atoms with Gasteiger partial charge in [-0.3, -0.25) is 0 Å². The van der Waals surface area contributed by atoms with Gasteiger partial charge in [0.2, 0.25) is 0 Å². The van der Waals surface area contributed by atoms with Crippen molar-refractivity contribution in [2.45, 2.75) is 26.2 Å². The predicted molar refractivity (Wildman–Crippen MR) is 39.2 cm³/mol. The smallest absolute Gasteiger partial charge is 0.0431 e. The fourth-order valence-electron chi connectivity index (χ4n) is 0.869. The Morgan fingerprint density at radius 3 is 2.56 bits per heavy atom. The van der Waals surface area contributed by atoms with Gasteiger partial charge in [-0.15, -0.1) is 0 Å². The van der Waals surface area contributed by atoms with Crippen molar-refractivity contribution in [1.29, 1.82) is 0 Å². The second kappa shape index (κ2) is 6.05. The highest BCUT2D eigenvalue weighted by Gasteiger charge is 2.00. The van der Waals surface area contributed by atoms with Crippen LogP contribution in [0.1, 0.15) is 26.2 Å². The number of rotatable bonds is 5. The molecule has 56 valence electrons. The monoisotopic (exact) mass is 131 g/mol. The lowest BCUT2D eigenvalue weighted by Crippen LogP contribution is -2.13. The highest BCUT2D eigenvalue weighted by atomic mass is 16.2. The average molecular weight is 131 g/mol. The Bertz CT molecular complexity index is 52.9. The van der Waals surface area contributed by atoms with Crippen LogP contribution in [0.15, 0.2) is 0 Å². The van der Waals surface area contributed by atoms with E-state index in [0.717, 1.165) is 25.8 Å². The Morgan fingerprint density at radius 1 is 1.56 bits per heavy atom. The topological polar surface area (TPSA) is 46.2 Å². The first-order valence-corrected chi connectivity index (χ1v) is 3.66. The zero-order valence-electron chi connectivity index (χ0n) is 6.14. The minimum absolute atomic E-state index is 0.302. The fourth-order valence-corrected chi connectivity index (χ4v) is 0.869. The molecule has 0 spiro atoms. The molecule has 9 heavy (non-hydrogen) atoms. The van der Waals surface area contributed by atoms with E-state index in [4.69, 9.17) is 10.8 Å². The summed E-state index contributed by atoms with van der Waals surface area (Å²) in [6, 6.07) is 0. The SMILES string of the molecule is CCC(CN)CCCO. The van der Waals surface area contributed by atoms with Gasteiger partial charge in [0.1, 0.15) is 0 Å². The molecule has 1 atom stereocenters. The second-order valence-corrected chi connectivity index (χ2v) is 2.38. The molecule has 3 N–H and O–H groups in total. The molecule has 0 saturated carbocycles. The molecule has 0 amide bonds. The minimum Gasteiger partial charge on any atom is -0.396 e. The van der Waals surface area contributed by atoms with Crippen LogP contribution in [0.25, 0.3) is 0 Å². The van der Waals surface area contributed by atoms with Crippen molar-refractivity contribution in [3.63, 3.8) is 0 Å². The zero-order valence-corrected chi connectivity index (χ0v) is 6.14. The highest BCUT2D eigenvalue weighted by Crippen LogP contribution is 2.07. The molecule has 2 heteroatoms. The summed E-state index contributed by atoms with van der Waals surface area (Å²) < 4.78 is 0. The van der Waals surface area contributed by atoms with Crippen LogP contribution in [0.5, 0.6) is 0 Å². The first kappa shape index (κ1) is 8.92. The molecule has 0 aliphatic carbocycles. The number of aliphatic hydroxyl groups excluding tert-OH is 1. The lowest BCUT2D eigenvalue weighted by atomic mass is 10.0. The van der Waals surface area contributed by atoms with Crippen LogP contribution in [0.4, 0.5) is 0 Å². The molecule has 0 heterocycles. The Labute approximate surface area is 57.1 Å². The number of hydrogen-bond donors (Lipinski definition) is 2. The first-order chi connectivity index (χ1) is 4.35. The van der Waals surface area contributed by atoms with Crippen LogP contribution in [0.2, 0.25) is 0 Å². The van der Waals surface area contributed by atoms with E-state index in [9.17, 15) is 0 Å². The molecule has 0 fully saturated rings. The summed E-state index contributed by atoms with van der Waals surface area (Å²) >= 11 is 0. The molecule has 0 aromatic heterocycles. The van der Waals surface area contributed by atoms with E-state index in [0.29, 0.717) is 12.5 Å². The van der Waals surface area contributed by atoms with Crippen molar-refractivity contribution >= 4 is 0 Å². The maximum absolute atomic E-state index is 8.47. The first-order valence-electron chi connectivity index (χ1n) is 3.66. The maximum atomic E-state index is 8.47. The largest absolute Gasteiger partial charge is 0.396 e. The Hall–Kier alpha value is -0.0800. The molecule has 1 unspecified atom stereocenters. The van der Waals surface area contributed by atoms with E-state index < -0.39 is 0 Å². The Morgan fingerprint density at radius 2 is 2.22 bits per heavy atom. The standard InChI is InChI=1S/C7H17NO/c1-2-7(6-8)4-3-5-9/h7,9H,2-6,8H2,1H3. The lowest BCUT2D eigenvalue weighted by Gasteiger charge is -2.09. The molecule has 0 aliphatic heterocycles. The van der Waals surface area contributed by atoms with Crippen molar-refractivity contribution in [2.75, 3.05) is 13.2 Å². The summed E-state index contributed by atoms with van der Waals surface area (Å²) in [7, 11) is 0. The van der Waals surface area contributed by atoms with E-state index >= 15 is 0 Å². The average Bonchev–Trinajstić information content (AvgIpc) is 1.91. The third-order valence-corrected chi connectivity index (χ3v) is 1.68. The maximum Gasteiger partial charge on any atom is 0.0431 e. The molecule has 0 aromatic carbocycles. The Balaban J connectivity index is 3.09. The van der Waals surface area contributed by atoms with Gasteiger partial charge in [0.15, 0.2) is 0 Å². The summed E-state index contributed by atoms with van der Waals surface area (Å²) in [5.74, 6) is 0.622. The second-order valence-electron chi connectivity index (χ2n) is 2.38. The fraction of sp³-hybridized carbons (Fsp3) is 1.00. The molecule has 0 aliphatic rings. The van der Waals surface area contributed by atoms with E-state index in [1.165, 1.54) is 0 Å². The number of nitrogens with two attached hydrogens (primary N) is 1. The molecular weight excluding hydrogens is 114 g/mol. The van der Waals surface area contributed by atoms with Crippen molar-refractivity contribution in [3.05, 3.63) is 0 Å². The highest BCUT2D eigenvalue weighted by molar-refractivity contribution is 4.56. The summed E-state index contributed by atoms with van der Waals surface area (Å²) in [5.41, 5.74) is 5.44. The van der Waals surface area contributed by atoms with Crippen LogP contribution in [-0.2, 0) is 0 Å². The van der Waals surface area contributed by atoms with Crippen molar-refractivity contribution < 1.29 is 5.11 Å². The molecular formula is C7H17NO. The number of hydrogen-bond acceptors (Lipinski definition) is 2. The molecule has 0 rings (SSSR count). The normalized spacial score (nSPS) is 13.7. The summed E-state index contributed by atoms with van der Waals surface area (Å²) in [4.78, 5) is 0.